The van der Waals surface area contributed by atoms with Gasteiger partial charge in [0.2, 0.25) is 0 Å². The molecule has 2 nitrogen and oxygen atoms in total. The average molecular weight is 243 g/mol. The number of hydrogen-bond donors (Lipinski definition) is 0. The van der Waals surface area contributed by atoms with Crippen LogP contribution in [0.2, 0.25) is 0 Å². The highest BCUT2D eigenvalue weighted by atomic mass is 79.9. The fourth-order valence-electron chi connectivity index (χ4n) is 2.02. The number of hydrogen-bond acceptors (Lipinski definition) is 1. The van der Waals surface area contributed by atoms with E-state index in [0.29, 0.717) is 0 Å². The molecule has 1 aliphatic rings. The zero-order chi connectivity index (χ0) is 9.42. The summed E-state index contributed by atoms with van der Waals surface area (Å²) in [5, 5.41) is 0. The minimum absolute atomic E-state index is 0.810. The van der Waals surface area contributed by atoms with E-state index < -0.39 is 0 Å². The minimum Gasteiger partial charge on any atom is -0.331 e. The highest BCUT2D eigenvalue weighted by Crippen LogP contribution is 2.27. The second-order valence-corrected chi connectivity index (χ2v) is 4.62. The standard InChI is InChI=1S/C10H15BrN2/c1-3-9-12-10(11)8-6-7(2)4-5-13(8)9/h7H,3-6H2,1-2H3. The lowest BCUT2D eigenvalue weighted by Gasteiger charge is -2.21. The lowest BCUT2D eigenvalue weighted by Crippen LogP contribution is -2.18. The van der Waals surface area contributed by atoms with Gasteiger partial charge in [0.05, 0.1) is 5.69 Å². The smallest absolute Gasteiger partial charge is 0.127 e. The Morgan fingerprint density at radius 1 is 1.62 bits per heavy atom. The molecule has 1 aromatic rings. The maximum absolute atomic E-state index is 4.52. The van der Waals surface area contributed by atoms with E-state index in [1.54, 1.807) is 0 Å². The lowest BCUT2D eigenvalue weighted by molar-refractivity contribution is 0.408. The summed E-state index contributed by atoms with van der Waals surface area (Å²) < 4.78 is 3.44. The molecule has 0 aromatic carbocycles. The molecule has 2 rings (SSSR count). The third kappa shape index (κ3) is 1.54. The van der Waals surface area contributed by atoms with Crippen LogP contribution in [-0.2, 0) is 19.4 Å². The van der Waals surface area contributed by atoms with E-state index in [0.717, 1.165) is 23.5 Å². The van der Waals surface area contributed by atoms with Crippen LogP contribution in [-0.4, -0.2) is 9.55 Å². The summed E-state index contributed by atoms with van der Waals surface area (Å²) in [6.07, 6.45) is 3.50. The van der Waals surface area contributed by atoms with E-state index in [4.69, 9.17) is 0 Å². The molecule has 0 N–H and O–H groups in total. The van der Waals surface area contributed by atoms with Crippen molar-refractivity contribution in [2.75, 3.05) is 0 Å². The van der Waals surface area contributed by atoms with Gasteiger partial charge in [-0.3, -0.25) is 0 Å². The zero-order valence-corrected chi connectivity index (χ0v) is 9.76. The molecule has 3 heteroatoms. The molecule has 0 spiro atoms. The fourth-order valence-corrected chi connectivity index (χ4v) is 2.60. The van der Waals surface area contributed by atoms with Crippen molar-refractivity contribution in [3.8, 4) is 0 Å². The predicted octanol–water partition coefficient (Wildman–Crippen LogP) is 2.79. The Labute approximate surface area is 87.5 Å². The van der Waals surface area contributed by atoms with Gasteiger partial charge in [-0.15, -0.1) is 0 Å². The van der Waals surface area contributed by atoms with E-state index in [2.05, 4.69) is 39.3 Å². The first kappa shape index (κ1) is 9.25. The number of rotatable bonds is 1. The Balaban J connectivity index is 2.42. The predicted molar refractivity (Wildman–Crippen MR) is 56.8 cm³/mol. The topological polar surface area (TPSA) is 17.8 Å². The van der Waals surface area contributed by atoms with E-state index in [9.17, 15) is 0 Å². The molecule has 0 aliphatic carbocycles. The number of halogens is 1. The summed E-state index contributed by atoms with van der Waals surface area (Å²) in [4.78, 5) is 4.52. The molecule has 0 fully saturated rings. The van der Waals surface area contributed by atoms with Crippen molar-refractivity contribution < 1.29 is 0 Å². The van der Waals surface area contributed by atoms with Gasteiger partial charge < -0.3 is 4.57 Å². The summed E-state index contributed by atoms with van der Waals surface area (Å²) in [6.45, 7) is 5.63. The normalized spacial score (nSPS) is 21.6. The third-order valence-corrected chi connectivity index (χ3v) is 3.44. The minimum atomic E-state index is 0.810. The van der Waals surface area contributed by atoms with Crippen LogP contribution in [0.1, 0.15) is 31.8 Å². The van der Waals surface area contributed by atoms with Crippen LogP contribution in [0.15, 0.2) is 4.60 Å². The molecule has 0 amide bonds. The van der Waals surface area contributed by atoms with E-state index in [-0.39, 0.29) is 0 Å². The van der Waals surface area contributed by atoms with E-state index in [1.165, 1.54) is 24.4 Å². The Morgan fingerprint density at radius 3 is 3.08 bits per heavy atom. The number of aromatic nitrogens is 2. The molecule has 0 saturated heterocycles. The van der Waals surface area contributed by atoms with Gasteiger partial charge in [0, 0.05) is 13.0 Å². The number of nitrogens with zero attached hydrogens (tertiary/aromatic N) is 2. The van der Waals surface area contributed by atoms with Gasteiger partial charge in [-0.1, -0.05) is 13.8 Å². The van der Waals surface area contributed by atoms with Crippen LogP contribution >= 0.6 is 15.9 Å². The highest BCUT2D eigenvalue weighted by molar-refractivity contribution is 9.10. The molecule has 1 atom stereocenters. The Bertz CT molecular complexity index is 317. The molecule has 1 aliphatic heterocycles. The monoisotopic (exact) mass is 242 g/mol. The van der Waals surface area contributed by atoms with Crippen LogP contribution in [0.25, 0.3) is 0 Å². The maximum Gasteiger partial charge on any atom is 0.127 e. The van der Waals surface area contributed by atoms with Crippen molar-refractivity contribution in [1.82, 2.24) is 9.55 Å². The van der Waals surface area contributed by atoms with Crippen molar-refractivity contribution in [3.63, 3.8) is 0 Å². The molecule has 1 unspecified atom stereocenters. The van der Waals surface area contributed by atoms with Gasteiger partial charge in [0.25, 0.3) is 0 Å². The van der Waals surface area contributed by atoms with E-state index in [1.807, 2.05) is 0 Å². The van der Waals surface area contributed by atoms with Gasteiger partial charge in [0.15, 0.2) is 0 Å². The maximum atomic E-state index is 4.52. The summed E-state index contributed by atoms with van der Waals surface area (Å²) >= 11 is 3.54. The zero-order valence-electron chi connectivity index (χ0n) is 8.18. The third-order valence-electron chi connectivity index (χ3n) is 2.81. The molecular formula is C10H15BrN2. The van der Waals surface area contributed by atoms with Crippen molar-refractivity contribution in [1.29, 1.82) is 0 Å². The van der Waals surface area contributed by atoms with Crippen molar-refractivity contribution in [3.05, 3.63) is 16.1 Å². The molecule has 0 saturated carbocycles. The highest BCUT2D eigenvalue weighted by Gasteiger charge is 2.21. The number of imidazole rings is 1. The van der Waals surface area contributed by atoms with E-state index >= 15 is 0 Å². The lowest BCUT2D eigenvalue weighted by atomic mass is 9.99. The number of fused-ring (bicyclic) bond motifs is 1. The first-order valence-electron chi connectivity index (χ1n) is 4.96. The van der Waals surface area contributed by atoms with Gasteiger partial charge in [0.1, 0.15) is 10.4 Å². The average Bonchev–Trinajstić information content (AvgIpc) is 2.43. The first-order chi connectivity index (χ1) is 6.22. The van der Waals surface area contributed by atoms with Crippen molar-refractivity contribution in [2.24, 2.45) is 5.92 Å². The fraction of sp³-hybridized carbons (Fsp3) is 0.700. The second kappa shape index (κ2) is 3.45. The van der Waals surface area contributed by atoms with Gasteiger partial charge in [-0.05, 0) is 34.7 Å². The second-order valence-electron chi connectivity index (χ2n) is 3.87. The molecule has 72 valence electrons. The Kier molecular flexibility index (Phi) is 2.45. The quantitative estimate of drug-likeness (QED) is 0.741. The molecular weight excluding hydrogens is 228 g/mol. The van der Waals surface area contributed by atoms with Crippen LogP contribution in [0.5, 0.6) is 0 Å². The van der Waals surface area contributed by atoms with Crippen molar-refractivity contribution in [2.45, 2.75) is 39.7 Å². The Morgan fingerprint density at radius 2 is 2.38 bits per heavy atom. The van der Waals surface area contributed by atoms with Crippen LogP contribution < -0.4 is 0 Å². The summed E-state index contributed by atoms with van der Waals surface area (Å²) in [6, 6.07) is 0. The van der Waals surface area contributed by atoms with Gasteiger partial charge in [-0.2, -0.15) is 0 Å². The summed E-state index contributed by atoms with van der Waals surface area (Å²) in [7, 11) is 0. The molecule has 13 heavy (non-hydrogen) atoms. The van der Waals surface area contributed by atoms with Crippen molar-refractivity contribution >= 4 is 15.9 Å². The van der Waals surface area contributed by atoms with Gasteiger partial charge >= 0.3 is 0 Å². The largest absolute Gasteiger partial charge is 0.331 e. The Hall–Kier alpha value is -0.310. The number of aryl methyl sites for hydroxylation is 1. The SMILES string of the molecule is CCc1nc(Br)c2n1CCC(C)C2. The van der Waals surface area contributed by atoms with Crippen LogP contribution in [0.4, 0.5) is 0 Å². The first-order valence-corrected chi connectivity index (χ1v) is 5.75. The molecule has 0 bridgehead atoms. The summed E-state index contributed by atoms with van der Waals surface area (Å²) in [5.41, 5.74) is 1.40. The summed E-state index contributed by atoms with van der Waals surface area (Å²) in [5.74, 6) is 2.04. The van der Waals surface area contributed by atoms with Crippen LogP contribution in [0.3, 0.4) is 0 Å². The molecule has 0 radical (unpaired) electrons. The van der Waals surface area contributed by atoms with Crippen LogP contribution in [0, 0.1) is 5.92 Å². The molecule has 1 aromatic heterocycles. The van der Waals surface area contributed by atoms with Gasteiger partial charge in [-0.25, -0.2) is 4.98 Å². The molecule has 2 heterocycles.